The quantitative estimate of drug-likeness (QED) is 0.847. The summed E-state index contributed by atoms with van der Waals surface area (Å²) >= 11 is 0. The third-order valence-electron chi connectivity index (χ3n) is 5.44. The molecule has 0 aliphatic carbocycles. The van der Waals surface area contributed by atoms with Crippen LogP contribution in [0.15, 0.2) is 42.6 Å². The average Bonchev–Trinajstić information content (AvgIpc) is 2.67. The van der Waals surface area contributed by atoms with E-state index in [9.17, 15) is 4.79 Å². The summed E-state index contributed by atoms with van der Waals surface area (Å²) in [6.07, 6.45) is 1.83. The number of hydrogen-bond donors (Lipinski definition) is 1. The molecule has 1 saturated heterocycles. The first-order valence-electron chi connectivity index (χ1n) is 10.2. The zero-order valence-electron chi connectivity index (χ0n) is 18.4. The number of anilines is 3. The number of amides is 2. The summed E-state index contributed by atoms with van der Waals surface area (Å²) < 4.78 is 0. The Morgan fingerprint density at radius 2 is 1.83 bits per heavy atom. The van der Waals surface area contributed by atoms with Gasteiger partial charge in [-0.25, -0.2) is 9.78 Å². The Kier molecular flexibility index (Phi) is 6.01. The summed E-state index contributed by atoms with van der Waals surface area (Å²) in [5.74, 6) is 0.974. The summed E-state index contributed by atoms with van der Waals surface area (Å²) in [6.45, 7) is 10.8. The van der Waals surface area contributed by atoms with Crippen LogP contribution < -0.4 is 15.1 Å². The molecule has 0 spiro atoms. The van der Waals surface area contributed by atoms with E-state index < -0.39 is 0 Å². The maximum Gasteiger partial charge on any atom is 0.322 e. The lowest BCUT2D eigenvalue weighted by Gasteiger charge is -2.41. The van der Waals surface area contributed by atoms with Crippen LogP contribution in [0, 0.1) is 0 Å². The fourth-order valence-corrected chi connectivity index (χ4v) is 3.68. The highest BCUT2D eigenvalue weighted by molar-refractivity contribution is 5.89. The van der Waals surface area contributed by atoms with Gasteiger partial charge in [-0.05, 0) is 42.2 Å². The van der Waals surface area contributed by atoms with Crippen LogP contribution in [-0.4, -0.2) is 55.7 Å². The Balaban J connectivity index is 1.65. The van der Waals surface area contributed by atoms with E-state index in [2.05, 4.69) is 66.0 Å². The van der Waals surface area contributed by atoms with Gasteiger partial charge in [0.1, 0.15) is 0 Å². The molecule has 1 aliphatic heterocycles. The molecule has 1 aliphatic rings. The number of benzene rings is 1. The van der Waals surface area contributed by atoms with Gasteiger partial charge in [0.2, 0.25) is 0 Å². The van der Waals surface area contributed by atoms with Crippen molar-refractivity contribution in [3.8, 4) is 0 Å². The van der Waals surface area contributed by atoms with E-state index in [1.54, 1.807) is 0 Å². The van der Waals surface area contributed by atoms with Gasteiger partial charge < -0.3 is 20.0 Å². The van der Waals surface area contributed by atoms with Crippen LogP contribution in [0.2, 0.25) is 0 Å². The average molecular weight is 396 g/mol. The predicted molar refractivity (Wildman–Crippen MR) is 121 cm³/mol. The molecule has 1 atom stereocenters. The lowest BCUT2D eigenvalue weighted by atomic mass is 9.87. The standard InChI is InChI=1S/C23H33N5O/c1-17-16-27(21-20(26(5)6)8-7-13-24-21)14-15-28(17)22(29)25-19-11-9-18(10-12-19)23(2,3)4/h7-13,17H,14-16H2,1-6H3,(H,25,29)/t17-/m1/s1. The molecule has 2 amide bonds. The molecule has 0 bridgehead atoms. The van der Waals surface area contributed by atoms with Gasteiger partial charge in [0.15, 0.2) is 5.82 Å². The molecular weight excluding hydrogens is 362 g/mol. The molecule has 1 aromatic carbocycles. The summed E-state index contributed by atoms with van der Waals surface area (Å²) in [7, 11) is 4.05. The number of rotatable bonds is 3. The van der Waals surface area contributed by atoms with E-state index in [0.717, 1.165) is 30.3 Å². The number of pyridine rings is 1. The monoisotopic (exact) mass is 395 g/mol. The van der Waals surface area contributed by atoms with Crippen LogP contribution in [0.25, 0.3) is 0 Å². The topological polar surface area (TPSA) is 51.7 Å². The van der Waals surface area contributed by atoms with E-state index >= 15 is 0 Å². The number of piperazine rings is 1. The Morgan fingerprint density at radius 1 is 1.14 bits per heavy atom. The smallest absolute Gasteiger partial charge is 0.322 e. The highest BCUT2D eigenvalue weighted by Crippen LogP contribution is 2.28. The number of carbonyl (C=O) groups is 1. The maximum atomic E-state index is 12.9. The molecule has 6 heteroatoms. The van der Waals surface area contributed by atoms with Crippen molar-refractivity contribution in [1.82, 2.24) is 9.88 Å². The Bertz CT molecular complexity index is 841. The third kappa shape index (κ3) is 4.81. The Hall–Kier alpha value is -2.76. The first-order valence-corrected chi connectivity index (χ1v) is 10.2. The van der Waals surface area contributed by atoms with Crippen LogP contribution >= 0.6 is 0 Å². The molecule has 2 heterocycles. The van der Waals surface area contributed by atoms with Crippen molar-refractivity contribution < 1.29 is 4.79 Å². The fraction of sp³-hybridized carbons (Fsp3) is 0.478. The zero-order chi connectivity index (χ0) is 21.2. The van der Waals surface area contributed by atoms with Gasteiger partial charge in [0, 0.05) is 51.7 Å². The Labute approximate surface area is 174 Å². The number of nitrogens with one attached hydrogen (secondary N) is 1. The molecule has 1 aromatic heterocycles. The van der Waals surface area contributed by atoms with Gasteiger partial charge in [0.05, 0.1) is 5.69 Å². The molecule has 0 saturated carbocycles. The molecule has 1 fully saturated rings. The van der Waals surface area contributed by atoms with Crippen molar-refractivity contribution in [2.75, 3.05) is 48.8 Å². The molecule has 29 heavy (non-hydrogen) atoms. The second-order valence-electron chi connectivity index (χ2n) is 8.99. The van der Waals surface area contributed by atoms with Crippen molar-refractivity contribution >= 4 is 23.2 Å². The summed E-state index contributed by atoms with van der Waals surface area (Å²) in [5.41, 5.74) is 3.28. The minimum Gasteiger partial charge on any atom is -0.375 e. The molecule has 156 valence electrons. The fourth-order valence-electron chi connectivity index (χ4n) is 3.68. The van der Waals surface area contributed by atoms with Gasteiger partial charge >= 0.3 is 6.03 Å². The van der Waals surface area contributed by atoms with Crippen molar-refractivity contribution in [2.24, 2.45) is 0 Å². The molecule has 2 aromatic rings. The van der Waals surface area contributed by atoms with Gasteiger partial charge in [-0.1, -0.05) is 32.9 Å². The Morgan fingerprint density at radius 3 is 2.41 bits per heavy atom. The SMILES string of the molecule is C[C@@H]1CN(c2ncccc2N(C)C)CCN1C(=O)Nc1ccc(C(C)(C)C)cc1. The zero-order valence-corrected chi connectivity index (χ0v) is 18.4. The van der Waals surface area contributed by atoms with E-state index in [0.29, 0.717) is 6.54 Å². The van der Waals surface area contributed by atoms with Crippen LogP contribution in [-0.2, 0) is 5.41 Å². The molecule has 3 rings (SSSR count). The molecule has 1 N–H and O–H groups in total. The molecule has 0 unspecified atom stereocenters. The van der Waals surface area contributed by atoms with Crippen molar-refractivity contribution in [1.29, 1.82) is 0 Å². The first kappa shape index (κ1) is 21.0. The van der Waals surface area contributed by atoms with Gasteiger partial charge in [-0.3, -0.25) is 0 Å². The highest BCUT2D eigenvalue weighted by Gasteiger charge is 2.29. The highest BCUT2D eigenvalue weighted by atomic mass is 16.2. The van der Waals surface area contributed by atoms with E-state index in [-0.39, 0.29) is 17.5 Å². The molecule has 0 radical (unpaired) electrons. The lowest BCUT2D eigenvalue weighted by Crippen LogP contribution is -2.55. The minimum atomic E-state index is -0.0467. The van der Waals surface area contributed by atoms with E-state index in [4.69, 9.17) is 0 Å². The number of aromatic nitrogens is 1. The number of urea groups is 1. The van der Waals surface area contributed by atoms with Gasteiger partial charge in [0.25, 0.3) is 0 Å². The maximum absolute atomic E-state index is 12.9. The normalized spacial score (nSPS) is 17.2. The van der Waals surface area contributed by atoms with Crippen LogP contribution in [0.4, 0.5) is 22.0 Å². The number of carbonyl (C=O) groups excluding carboxylic acids is 1. The van der Waals surface area contributed by atoms with Crippen molar-refractivity contribution in [3.05, 3.63) is 48.2 Å². The largest absolute Gasteiger partial charge is 0.375 e. The summed E-state index contributed by atoms with van der Waals surface area (Å²) in [5, 5.41) is 3.05. The van der Waals surface area contributed by atoms with Crippen molar-refractivity contribution in [3.63, 3.8) is 0 Å². The van der Waals surface area contributed by atoms with Crippen LogP contribution in [0.3, 0.4) is 0 Å². The predicted octanol–water partition coefficient (Wildman–Crippen LogP) is 4.19. The molecular formula is C23H33N5O. The molecule has 6 nitrogen and oxygen atoms in total. The van der Waals surface area contributed by atoms with Gasteiger partial charge in [-0.15, -0.1) is 0 Å². The summed E-state index contributed by atoms with van der Waals surface area (Å²) in [6, 6.07) is 12.2. The third-order valence-corrected chi connectivity index (χ3v) is 5.44. The van der Waals surface area contributed by atoms with Crippen LogP contribution in [0.1, 0.15) is 33.3 Å². The lowest BCUT2D eigenvalue weighted by molar-refractivity contribution is 0.184. The second kappa shape index (κ2) is 8.31. The van der Waals surface area contributed by atoms with E-state index in [1.165, 1.54) is 5.56 Å². The first-order chi connectivity index (χ1) is 13.7. The van der Waals surface area contributed by atoms with Gasteiger partial charge in [-0.2, -0.15) is 0 Å². The second-order valence-corrected chi connectivity index (χ2v) is 8.99. The number of nitrogens with zero attached hydrogens (tertiary/aromatic N) is 4. The summed E-state index contributed by atoms with van der Waals surface area (Å²) in [4.78, 5) is 23.7. The number of hydrogen-bond acceptors (Lipinski definition) is 4. The minimum absolute atomic E-state index is 0.0467. The van der Waals surface area contributed by atoms with E-state index in [1.807, 2.05) is 43.4 Å². The van der Waals surface area contributed by atoms with Crippen LogP contribution in [0.5, 0.6) is 0 Å². The van der Waals surface area contributed by atoms with Crippen molar-refractivity contribution in [2.45, 2.75) is 39.2 Å².